The minimum atomic E-state index is -0.482. The Kier molecular flexibility index (Phi) is 5.64. The molecule has 1 amide bonds. The lowest BCUT2D eigenvalue weighted by Crippen LogP contribution is -2.24. The van der Waals surface area contributed by atoms with Gasteiger partial charge in [-0.2, -0.15) is 5.26 Å². The first-order valence-electron chi connectivity index (χ1n) is 5.15. The van der Waals surface area contributed by atoms with Gasteiger partial charge in [0.1, 0.15) is 18.4 Å². The van der Waals surface area contributed by atoms with E-state index in [0.717, 1.165) is 5.56 Å². The van der Waals surface area contributed by atoms with Gasteiger partial charge in [-0.25, -0.2) is 4.98 Å². The second kappa shape index (κ2) is 7.33. The summed E-state index contributed by atoms with van der Waals surface area (Å²) in [6.07, 6.45) is 1.58. The summed E-state index contributed by atoms with van der Waals surface area (Å²) < 4.78 is 4.97. The average molecular weight is 234 g/mol. The molecule has 1 aromatic rings. The lowest BCUT2D eigenvalue weighted by atomic mass is 10.2. The quantitative estimate of drug-likeness (QED) is 0.622. The van der Waals surface area contributed by atoms with Gasteiger partial charge in [-0.15, -0.1) is 0 Å². The summed E-state index contributed by atoms with van der Waals surface area (Å²) in [4.78, 5) is 14.3. The number of carbonyl (C=O) groups excluding carboxylic acids is 1. The fourth-order valence-electron chi connectivity index (χ4n) is 1.22. The number of nitrogens with one attached hydrogen (secondary N) is 1. The molecule has 0 radical (unpaired) electrons. The number of nitrogens with two attached hydrogens (primary N) is 1. The fourth-order valence-corrected chi connectivity index (χ4v) is 1.22. The van der Waals surface area contributed by atoms with Gasteiger partial charge >= 0.3 is 0 Å². The van der Waals surface area contributed by atoms with E-state index in [-0.39, 0.29) is 6.61 Å². The molecule has 3 N–H and O–H groups in total. The second-order valence-corrected chi connectivity index (χ2v) is 3.32. The van der Waals surface area contributed by atoms with Crippen LogP contribution in [0.5, 0.6) is 0 Å². The highest BCUT2D eigenvalue weighted by Crippen LogP contribution is 2.02. The van der Waals surface area contributed by atoms with Gasteiger partial charge in [-0.3, -0.25) is 4.79 Å². The highest BCUT2D eigenvalue weighted by Gasteiger charge is 2.01. The number of nitriles is 1. The lowest BCUT2D eigenvalue weighted by Gasteiger charge is -2.05. The molecule has 17 heavy (non-hydrogen) atoms. The molecule has 0 saturated heterocycles. The van der Waals surface area contributed by atoms with Crippen molar-refractivity contribution in [3.8, 4) is 6.07 Å². The van der Waals surface area contributed by atoms with Crippen molar-refractivity contribution in [2.75, 3.05) is 19.8 Å². The normalized spacial score (nSPS) is 9.82. The van der Waals surface area contributed by atoms with E-state index in [1.165, 1.54) is 0 Å². The Balaban J connectivity index is 2.22. The zero-order chi connectivity index (χ0) is 12.5. The van der Waals surface area contributed by atoms with Gasteiger partial charge < -0.3 is 15.8 Å². The Bertz CT molecular complexity index is 414. The van der Waals surface area contributed by atoms with Crippen molar-refractivity contribution in [3.05, 3.63) is 29.6 Å². The van der Waals surface area contributed by atoms with Crippen molar-refractivity contribution in [2.24, 2.45) is 5.73 Å². The molecule has 0 aliphatic carbocycles. The largest absolute Gasteiger partial charge is 0.370 e. The van der Waals surface area contributed by atoms with Crippen LogP contribution in [-0.4, -0.2) is 30.6 Å². The molecule has 0 atom stereocenters. The number of aromatic nitrogens is 1. The number of rotatable bonds is 7. The van der Waals surface area contributed by atoms with Crippen molar-refractivity contribution in [3.63, 3.8) is 0 Å². The third-order valence-corrected chi connectivity index (χ3v) is 1.98. The van der Waals surface area contributed by atoms with Gasteiger partial charge in [0, 0.05) is 24.8 Å². The zero-order valence-electron chi connectivity index (χ0n) is 9.35. The highest BCUT2D eigenvalue weighted by molar-refractivity contribution is 5.74. The Morgan fingerprint density at radius 1 is 1.65 bits per heavy atom. The van der Waals surface area contributed by atoms with Crippen molar-refractivity contribution < 1.29 is 9.53 Å². The van der Waals surface area contributed by atoms with E-state index >= 15 is 0 Å². The third-order valence-electron chi connectivity index (χ3n) is 1.98. The van der Waals surface area contributed by atoms with E-state index < -0.39 is 5.91 Å². The van der Waals surface area contributed by atoms with Crippen LogP contribution >= 0.6 is 0 Å². The first-order valence-corrected chi connectivity index (χ1v) is 5.15. The first kappa shape index (κ1) is 13.1. The van der Waals surface area contributed by atoms with Gasteiger partial charge in [0.15, 0.2) is 0 Å². The number of pyridine rings is 1. The summed E-state index contributed by atoms with van der Waals surface area (Å²) in [5.74, 6) is -0.482. The van der Waals surface area contributed by atoms with Crippen LogP contribution in [0.25, 0.3) is 0 Å². The molecule has 90 valence electrons. The third kappa shape index (κ3) is 5.06. The number of hydrogen-bond acceptors (Lipinski definition) is 5. The second-order valence-electron chi connectivity index (χ2n) is 3.32. The topological polar surface area (TPSA) is 101 Å². The average Bonchev–Trinajstić information content (AvgIpc) is 2.33. The molecule has 1 aromatic heterocycles. The zero-order valence-corrected chi connectivity index (χ0v) is 9.35. The minimum Gasteiger partial charge on any atom is -0.370 e. The molecule has 1 rings (SSSR count). The maximum atomic E-state index is 10.4. The fraction of sp³-hybridized carbons (Fsp3) is 0.364. The van der Waals surface area contributed by atoms with Gasteiger partial charge in [0.2, 0.25) is 5.91 Å². The summed E-state index contributed by atoms with van der Waals surface area (Å²) in [5, 5.41) is 11.9. The van der Waals surface area contributed by atoms with Gasteiger partial charge in [0.05, 0.1) is 6.61 Å². The summed E-state index contributed by atoms with van der Waals surface area (Å²) in [6, 6.07) is 5.63. The summed E-state index contributed by atoms with van der Waals surface area (Å²) in [6.45, 7) is 1.44. The summed E-state index contributed by atoms with van der Waals surface area (Å²) in [7, 11) is 0. The van der Waals surface area contributed by atoms with Crippen LogP contribution in [0.3, 0.4) is 0 Å². The number of primary amides is 1. The number of ether oxygens (including phenoxy) is 1. The molecule has 0 fully saturated rings. The molecule has 0 aliphatic rings. The van der Waals surface area contributed by atoms with Crippen LogP contribution in [0.2, 0.25) is 0 Å². The van der Waals surface area contributed by atoms with E-state index in [1.54, 1.807) is 12.3 Å². The van der Waals surface area contributed by atoms with E-state index in [9.17, 15) is 4.79 Å². The number of carbonyl (C=O) groups is 1. The molecule has 0 aromatic carbocycles. The molecular weight excluding hydrogens is 220 g/mol. The highest BCUT2D eigenvalue weighted by atomic mass is 16.5. The maximum Gasteiger partial charge on any atom is 0.243 e. The number of hydrogen-bond donors (Lipinski definition) is 2. The predicted octanol–water partition coefficient (Wildman–Crippen LogP) is -0.455. The summed E-state index contributed by atoms with van der Waals surface area (Å²) >= 11 is 0. The van der Waals surface area contributed by atoms with Crippen LogP contribution in [0.4, 0.5) is 0 Å². The van der Waals surface area contributed by atoms with Gasteiger partial charge in [0.25, 0.3) is 0 Å². The van der Waals surface area contributed by atoms with Crippen LogP contribution in [0.15, 0.2) is 18.3 Å². The van der Waals surface area contributed by atoms with Crippen molar-refractivity contribution in [1.29, 1.82) is 5.26 Å². The smallest absolute Gasteiger partial charge is 0.243 e. The Morgan fingerprint density at radius 3 is 3.18 bits per heavy atom. The number of nitrogens with zero attached hydrogens (tertiary/aromatic N) is 2. The molecule has 6 nitrogen and oxygen atoms in total. The standard InChI is InChI=1S/C11H14N4O2/c12-6-10-9(2-1-3-15-10)7-14-4-5-17-8-11(13)16/h1-3,14H,4-5,7-8H2,(H2,13,16). The number of amides is 1. The lowest BCUT2D eigenvalue weighted by molar-refractivity contribution is -0.122. The molecule has 0 aliphatic heterocycles. The molecule has 0 unspecified atom stereocenters. The summed E-state index contributed by atoms with van der Waals surface area (Å²) in [5.41, 5.74) is 6.16. The van der Waals surface area contributed by atoms with Crippen molar-refractivity contribution in [2.45, 2.75) is 6.54 Å². The molecule has 1 heterocycles. The van der Waals surface area contributed by atoms with Crippen LogP contribution in [0, 0.1) is 11.3 Å². The Labute approximate surface area is 99.4 Å². The first-order chi connectivity index (χ1) is 8.24. The monoisotopic (exact) mass is 234 g/mol. The molecular formula is C11H14N4O2. The molecule has 0 bridgehead atoms. The minimum absolute atomic E-state index is 0.0714. The molecule has 6 heteroatoms. The Morgan fingerprint density at radius 2 is 2.47 bits per heavy atom. The van der Waals surface area contributed by atoms with Gasteiger partial charge in [-0.05, 0) is 6.07 Å². The van der Waals surface area contributed by atoms with Crippen LogP contribution in [-0.2, 0) is 16.1 Å². The van der Waals surface area contributed by atoms with E-state index in [2.05, 4.69) is 10.3 Å². The van der Waals surface area contributed by atoms with E-state index in [1.807, 2.05) is 12.1 Å². The van der Waals surface area contributed by atoms with Crippen molar-refractivity contribution >= 4 is 5.91 Å². The Hall–Kier alpha value is -1.97. The van der Waals surface area contributed by atoms with Gasteiger partial charge in [-0.1, -0.05) is 6.07 Å². The SMILES string of the molecule is N#Cc1ncccc1CNCCOCC(N)=O. The van der Waals surface area contributed by atoms with Crippen LogP contribution < -0.4 is 11.1 Å². The molecule has 0 saturated carbocycles. The van der Waals surface area contributed by atoms with Crippen molar-refractivity contribution in [1.82, 2.24) is 10.3 Å². The predicted molar refractivity (Wildman–Crippen MR) is 60.7 cm³/mol. The molecule has 0 spiro atoms. The van der Waals surface area contributed by atoms with E-state index in [4.69, 9.17) is 15.7 Å². The van der Waals surface area contributed by atoms with E-state index in [0.29, 0.717) is 25.4 Å². The maximum absolute atomic E-state index is 10.4. The van der Waals surface area contributed by atoms with Crippen LogP contribution in [0.1, 0.15) is 11.3 Å².